The summed E-state index contributed by atoms with van der Waals surface area (Å²) in [5.74, 6) is 0. The summed E-state index contributed by atoms with van der Waals surface area (Å²) in [5, 5.41) is 8.60. The van der Waals surface area contributed by atoms with E-state index in [1.54, 1.807) is 11.8 Å². The van der Waals surface area contributed by atoms with Crippen molar-refractivity contribution in [2.24, 2.45) is 0 Å². The van der Waals surface area contributed by atoms with Crippen LogP contribution in [0.3, 0.4) is 0 Å². The highest BCUT2D eigenvalue weighted by Gasteiger charge is 1.98. The number of halogens is 1. The minimum atomic E-state index is 0.683. The Morgan fingerprint density at radius 3 is 2.73 bits per heavy atom. The van der Waals surface area contributed by atoms with Crippen molar-refractivity contribution in [2.75, 3.05) is 6.26 Å². The van der Waals surface area contributed by atoms with E-state index in [-0.39, 0.29) is 0 Å². The molecule has 1 aromatic rings. The first-order chi connectivity index (χ1) is 5.27. The Balaban J connectivity index is 3.12. The van der Waals surface area contributed by atoms with Gasteiger partial charge < -0.3 is 0 Å². The predicted octanol–water partition coefficient (Wildman–Crippen LogP) is 3.04. The molecule has 3 heteroatoms. The van der Waals surface area contributed by atoms with Gasteiger partial charge in [0, 0.05) is 9.37 Å². The van der Waals surface area contributed by atoms with Gasteiger partial charge in [-0.3, -0.25) is 0 Å². The molecule has 0 fully saturated rings. The van der Waals surface area contributed by atoms with E-state index in [2.05, 4.69) is 22.0 Å². The van der Waals surface area contributed by atoms with Crippen LogP contribution in [0.4, 0.5) is 0 Å². The Hall–Kier alpha value is -0.460. The van der Waals surface area contributed by atoms with E-state index in [9.17, 15) is 0 Å². The van der Waals surface area contributed by atoms with Crippen LogP contribution < -0.4 is 0 Å². The average molecular weight is 228 g/mol. The Morgan fingerprint density at radius 1 is 1.55 bits per heavy atom. The zero-order valence-electron chi connectivity index (χ0n) is 5.97. The molecule has 0 saturated heterocycles. The molecule has 0 atom stereocenters. The first-order valence-corrected chi connectivity index (χ1v) is 5.03. The fourth-order valence-corrected chi connectivity index (χ4v) is 1.77. The molecule has 0 aliphatic heterocycles. The third-order valence-electron chi connectivity index (χ3n) is 1.30. The average Bonchev–Trinajstić information content (AvgIpc) is 2.04. The van der Waals surface area contributed by atoms with Crippen molar-refractivity contribution in [3.8, 4) is 6.07 Å². The van der Waals surface area contributed by atoms with Crippen LogP contribution in [0.5, 0.6) is 0 Å². The molecule has 0 amide bonds. The molecule has 0 bridgehead atoms. The second kappa shape index (κ2) is 3.80. The number of rotatable bonds is 1. The number of thioether (sulfide) groups is 1. The van der Waals surface area contributed by atoms with Gasteiger partial charge in [0.15, 0.2) is 0 Å². The molecule has 0 aliphatic carbocycles. The maximum atomic E-state index is 8.60. The summed E-state index contributed by atoms with van der Waals surface area (Å²) in [7, 11) is 0. The van der Waals surface area contributed by atoms with Crippen LogP contribution in [-0.4, -0.2) is 6.26 Å². The van der Waals surface area contributed by atoms with Crippen LogP contribution in [0.25, 0.3) is 0 Å². The zero-order valence-corrected chi connectivity index (χ0v) is 8.37. The predicted molar refractivity (Wildman–Crippen MR) is 50.6 cm³/mol. The molecule has 0 N–H and O–H groups in total. The molecule has 56 valence electrons. The van der Waals surface area contributed by atoms with Crippen LogP contribution >= 0.6 is 27.7 Å². The Kier molecular flexibility index (Phi) is 2.98. The topological polar surface area (TPSA) is 23.8 Å². The monoisotopic (exact) mass is 227 g/mol. The summed E-state index contributed by atoms with van der Waals surface area (Å²) in [6, 6.07) is 7.79. The van der Waals surface area contributed by atoms with Crippen molar-refractivity contribution in [1.82, 2.24) is 0 Å². The molecule has 0 unspecified atom stereocenters. The molecule has 1 nitrogen and oxygen atoms in total. The number of hydrogen-bond acceptors (Lipinski definition) is 2. The lowest BCUT2D eigenvalue weighted by atomic mass is 10.2. The van der Waals surface area contributed by atoms with Gasteiger partial charge >= 0.3 is 0 Å². The summed E-state index contributed by atoms with van der Waals surface area (Å²) in [6.45, 7) is 0. The van der Waals surface area contributed by atoms with Gasteiger partial charge in [-0.2, -0.15) is 5.26 Å². The highest BCUT2D eigenvalue weighted by atomic mass is 79.9. The lowest BCUT2D eigenvalue weighted by Crippen LogP contribution is -1.77. The van der Waals surface area contributed by atoms with Crippen molar-refractivity contribution < 1.29 is 0 Å². The molecular weight excluding hydrogens is 222 g/mol. The van der Waals surface area contributed by atoms with E-state index < -0.39 is 0 Å². The first-order valence-electron chi connectivity index (χ1n) is 3.01. The van der Waals surface area contributed by atoms with Gasteiger partial charge in [-0.25, -0.2) is 0 Å². The minimum Gasteiger partial charge on any atom is -0.192 e. The molecule has 0 spiro atoms. The normalized spacial score (nSPS) is 9.18. The summed E-state index contributed by atoms with van der Waals surface area (Å²) in [4.78, 5) is 1.16. The largest absolute Gasteiger partial charge is 0.192 e. The lowest BCUT2D eigenvalue weighted by molar-refractivity contribution is 1.39. The number of nitrogens with zero attached hydrogens (tertiary/aromatic N) is 1. The van der Waals surface area contributed by atoms with Crippen LogP contribution in [0, 0.1) is 11.3 Å². The third-order valence-corrected chi connectivity index (χ3v) is 2.68. The molecule has 0 aliphatic rings. The van der Waals surface area contributed by atoms with Gasteiger partial charge in [0.2, 0.25) is 0 Å². The number of benzene rings is 1. The van der Waals surface area contributed by atoms with Crippen molar-refractivity contribution in [3.05, 3.63) is 28.2 Å². The fraction of sp³-hybridized carbons (Fsp3) is 0.125. The van der Waals surface area contributed by atoms with Gasteiger partial charge in [0.1, 0.15) is 6.07 Å². The molecular formula is C8H6BrNS. The zero-order chi connectivity index (χ0) is 8.27. The summed E-state index contributed by atoms with van der Waals surface area (Å²) < 4.78 is 0.867. The second-order valence-corrected chi connectivity index (χ2v) is 3.69. The van der Waals surface area contributed by atoms with E-state index in [0.29, 0.717) is 5.56 Å². The lowest BCUT2D eigenvalue weighted by Gasteiger charge is -1.97. The van der Waals surface area contributed by atoms with Gasteiger partial charge in [0.25, 0.3) is 0 Å². The Bertz CT molecular complexity index is 303. The Morgan fingerprint density at radius 2 is 2.27 bits per heavy atom. The summed E-state index contributed by atoms with van der Waals surface area (Å²) >= 11 is 4.97. The van der Waals surface area contributed by atoms with E-state index in [1.165, 1.54) is 0 Å². The van der Waals surface area contributed by atoms with Crippen LogP contribution in [0.2, 0.25) is 0 Å². The van der Waals surface area contributed by atoms with Gasteiger partial charge in [0.05, 0.1) is 5.56 Å². The summed E-state index contributed by atoms with van der Waals surface area (Å²) in [5.41, 5.74) is 0.683. The van der Waals surface area contributed by atoms with E-state index in [0.717, 1.165) is 9.37 Å². The summed E-state index contributed by atoms with van der Waals surface area (Å²) in [6.07, 6.45) is 2.01. The van der Waals surface area contributed by atoms with Gasteiger partial charge in [-0.15, -0.1) is 11.8 Å². The number of hydrogen-bond donors (Lipinski definition) is 0. The molecule has 1 rings (SSSR count). The molecule has 0 heterocycles. The fourth-order valence-electron chi connectivity index (χ4n) is 0.713. The first kappa shape index (κ1) is 8.63. The highest BCUT2D eigenvalue weighted by Crippen LogP contribution is 2.22. The maximum Gasteiger partial charge on any atom is 0.100 e. The van der Waals surface area contributed by atoms with Crippen LogP contribution in [0.15, 0.2) is 27.6 Å². The maximum absolute atomic E-state index is 8.60. The van der Waals surface area contributed by atoms with Crippen molar-refractivity contribution in [2.45, 2.75) is 4.90 Å². The van der Waals surface area contributed by atoms with Crippen molar-refractivity contribution in [3.63, 3.8) is 0 Å². The van der Waals surface area contributed by atoms with Crippen molar-refractivity contribution in [1.29, 1.82) is 5.26 Å². The SMILES string of the molecule is CSc1ccc(C#N)c(Br)c1. The molecule has 0 aromatic heterocycles. The van der Waals surface area contributed by atoms with Gasteiger partial charge in [-0.1, -0.05) is 0 Å². The minimum absolute atomic E-state index is 0.683. The van der Waals surface area contributed by atoms with E-state index >= 15 is 0 Å². The van der Waals surface area contributed by atoms with E-state index in [4.69, 9.17) is 5.26 Å². The molecule has 1 aromatic carbocycles. The molecule has 0 saturated carbocycles. The second-order valence-electron chi connectivity index (χ2n) is 1.96. The molecule has 11 heavy (non-hydrogen) atoms. The molecule has 0 radical (unpaired) electrons. The van der Waals surface area contributed by atoms with Crippen molar-refractivity contribution >= 4 is 27.7 Å². The van der Waals surface area contributed by atoms with Crippen LogP contribution in [-0.2, 0) is 0 Å². The Labute approximate surface area is 78.5 Å². The standard InChI is InChI=1S/C8H6BrNS/c1-11-7-3-2-6(5-10)8(9)4-7/h2-4H,1H3. The highest BCUT2D eigenvalue weighted by molar-refractivity contribution is 9.10. The smallest absolute Gasteiger partial charge is 0.100 e. The van der Waals surface area contributed by atoms with Crippen LogP contribution in [0.1, 0.15) is 5.56 Å². The third kappa shape index (κ3) is 1.98. The number of nitriles is 1. The quantitative estimate of drug-likeness (QED) is 0.689. The van der Waals surface area contributed by atoms with Gasteiger partial charge in [-0.05, 0) is 40.4 Å². The van der Waals surface area contributed by atoms with E-state index in [1.807, 2.05) is 24.5 Å².